The van der Waals surface area contributed by atoms with Crippen LogP contribution in [0.1, 0.15) is 38.5 Å². The second-order valence-electron chi connectivity index (χ2n) is 5.18. The molecule has 2 N–H and O–H groups in total. The summed E-state index contributed by atoms with van der Waals surface area (Å²) < 4.78 is 1.55. The molecule has 0 fully saturated rings. The largest absolute Gasteiger partial charge is 0.355 e. The molecule has 0 aromatic carbocycles. The highest BCUT2D eigenvalue weighted by molar-refractivity contribution is 8.96. The number of hydrogen-bond donors (Lipinski definition) is 2. The maximum absolute atomic E-state index is 11.5. The third-order valence-electron chi connectivity index (χ3n) is 2.92. The van der Waals surface area contributed by atoms with E-state index in [1.165, 1.54) is 45.1 Å². The monoisotopic (exact) mass is 492 g/mol. The van der Waals surface area contributed by atoms with Crippen LogP contribution in [0.25, 0.3) is 0 Å². The molecule has 0 heterocycles. The maximum atomic E-state index is 11.5. The predicted octanol–water partition coefficient (Wildman–Crippen LogP) is 4.24. The zero-order valence-electron chi connectivity index (χ0n) is 15.5. The highest BCUT2D eigenvalue weighted by Crippen LogP contribution is 2.33. The first-order valence-corrected chi connectivity index (χ1v) is 13.5. The average molecular weight is 493 g/mol. The third-order valence-corrected chi connectivity index (χ3v) is 9.49. The van der Waals surface area contributed by atoms with Crippen LogP contribution in [0.5, 0.6) is 0 Å². The Morgan fingerprint density at radius 3 is 1.54 bits per heavy atom. The van der Waals surface area contributed by atoms with Crippen molar-refractivity contribution in [1.29, 1.82) is 0 Å². The van der Waals surface area contributed by atoms with Crippen molar-refractivity contribution >= 4 is 88.4 Å². The molecule has 0 bridgehead atoms. The van der Waals surface area contributed by atoms with E-state index in [0.717, 1.165) is 18.6 Å². The molecule has 0 aliphatic heterocycles. The Balaban J connectivity index is 3.59. The van der Waals surface area contributed by atoms with Gasteiger partial charge < -0.3 is 10.6 Å². The molecule has 0 aliphatic carbocycles. The van der Waals surface area contributed by atoms with Crippen LogP contribution in [0.15, 0.2) is 0 Å². The van der Waals surface area contributed by atoms with Crippen molar-refractivity contribution in [2.75, 3.05) is 24.6 Å². The van der Waals surface area contributed by atoms with Gasteiger partial charge in [0, 0.05) is 50.3 Å². The Morgan fingerprint density at radius 1 is 0.786 bits per heavy atom. The molecule has 10 heteroatoms. The summed E-state index contributed by atoms with van der Waals surface area (Å²) in [5.41, 5.74) is 0. The smallest absolute Gasteiger partial charge is 0.220 e. The summed E-state index contributed by atoms with van der Waals surface area (Å²) in [6.07, 6.45) is 13.9. The average Bonchev–Trinajstić information content (AvgIpc) is 2.67. The highest BCUT2D eigenvalue weighted by atomic mass is 33.1. The Labute approximate surface area is 195 Å². The van der Waals surface area contributed by atoms with E-state index in [-0.39, 0.29) is 11.8 Å². The molecule has 0 rings (SSSR count). The first-order valence-electron chi connectivity index (χ1n) is 8.58. The molecule has 2 amide bonds. The Bertz CT molecular complexity index is 546. The number of hydrogen-bond acceptors (Lipinski definition) is 8. The van der Waals surface area contributed by atoms with Gasteiger partial charge in [0.2, 0.25) is 11.8 Å². The van der Waals surface area contributed by atoms with Crippen LogP contribution in [-0.2, 0) is 9.59 Å². The SMILES string of the molecule is C#CCCCC(=O)NCCSC(=S)SSC(=S)SCCNC(=O)CCCC#C. The third kappa shape index (κ3) is 19.0. The number of rotatable bonds is 12. The first-order chi connectivity index (χ1) is 13.5. The Kier molecular flexibility index (Phi) is 19.7. The second-order valence-corrected chi connectivity index (χ2v) is 11.9. The van der Waals surface area contributed by atoms with Crippen LogP contribution in [0.4, 0.5) is 0 Å². The van der Waals surface area contributed by atoms with Gasteiger partial charge in [-0.3, -0.25) is 9.59 Å². The van der Waals surface area contributed by atoms with E-state index in [1.54, 1.807) is 0 Å². The molecule has 0 aromatic heterocycles. The van der Waals surface area contributed by atoms with Crippen molar-refractivity contribution in [2.24, 2.45) is 0 Å². The van der Waals surface area contributed by atoms with Gasteiger partial charge in [0.25, 0.3) is 0 Å². The molecule has 28 heavy (non-hydrogen) atoms. The lowest BCUT2D eigenvalue weighted by molar-refractivity contribution is -0.121. The zero-order chi connectivity index (χ0) is 21.0. The summed E-state index contributed by atoms with van der Waals surface area (Å²) in [4.78, 5) is 23.1. The topological polar surface area (TPSA) is 58.2 Å². The van der Waals surface area contributed by atoms with Crippen LogP contribution < -0.4 is 10.6 Å². The van der Waals surface area contributed by atoms with Crippen molar-refractivity contribution in [2.45, 2.75) is 38.5 Å². The lowest BCUT2D eigenvalue weighted by Gasteiger charge is -2.06. The normalized spacial score (nSPS) is 9.79. The molecule has 4 nitrogen and oxygen atoms in total. The molecule has 0 aromatic rings. The van der Waals surface area contributed by atoms with E-state index < -0.39 is 0 Å². The van der Waals surface area contributed by atoms with Crippen molar-refractivity contribution in [1.82, 2.24) is 10.6 Å². The molecule has 0 unspecified atom stereocenters. The van der Waals surface area contributed by atoms with Crippen LogP contribution in [0.2, 0.25) is 0 Å². The van der Waals surface area contributed by atoms with E-state index in [2.05, 4.69) is 22.5 Å². The van der Waals surface area contributed by atoms with Gasteiger partial charge >= 0.3 is 0 Å². The van der Waals surface area contributed by atoms with E-state index >= 15 is 0 Å². The summed E-state index contributed by atoms with van der Waals surface area (Å²) in [5, 5.41) is 5.69. The minimum Gasteiger partial charge on any atom is -0.355 e. The fourth-order valence-corrected chi connectivity index (χ4v) is 6.41. The molecular formula is C18H24N2O2S6. The summed E-state index contributed by atoms with van der Waals surface area (Å²) in [6, 6.07) is 0. The Morgan fingerprint density at radius 2 is 1.18 bits per heavy atom. The zero-order valence-corrected chi connectivity index (χ0v) is 20.4. The van der Waals surface area contributed by atoms with Crippen LogP contribution in [0.3, 0.4) is 0 Å². The molecule has 0 saturated carbocycles. The number of carbonyl (C=O) groups excluding carboxylic acids is 2. The van der Waals surface area contributed by atoms with Crippen LogP contribution in [-0.4, -0.2) is 43.5 Å². The minimum absolute atomic E-state index is 0.0181. The number of amides is 2. The number of terminal acetylenes is 2. The molecular weight excluding hydrogens is 469 g/mol. The molecule has 0 radical (unpaired) electrons. The van der Waals surface area contributed by atoms with Gasteiger partial charge in [0.05, 0.1) is 0 Å². The van der Waals surface area contributed by atoms with Crippen LogP contribution in [0, 0.1) is 24.7 Å². The number of nitrogens with one attached hydrogen (secondary N) is 2. The predicted molar refractivity (Wildman–Crippen MR) is 137 cm³/mol. The molecule has 0 atom stereocenters. The lowest BCUT2D eigenvalue weighted by atomic mass is 10.2. The Hall–Kier alpha value is -0.360. The fourth-order valence-electron chi connectivity index (χ4n) is 1.64. The van der Waals surface area contributed by atoms with Gasteiger partial charge in [-0.05, 0) is 34.4 Å². The number of carbonyl (C=O) groups is 2. The van der Waals surface area contributed by atoms with Gasteiger partial charge in [-0.1, -0.05) is 24.4 Å². The van der Waals surface area contributed by atoms with Crippen molar-refractivity contribution in [3.63, 3.8) is 0 Å². The van der Waals surface area contributed by atoms with Gasteiger partial charge in [-0.2, -0.15) is 0 Å². The van der Waals surface area contributed by atoms with Gasteiger partial charge in [-0.15, -0.1) is 48.2 Å². The number of thioether (sulfide) groups is 2. The number of thiocarbonyl (C=S) groups is 2. The quantitative estimate of drug-likeness (QED) is 0.182. The standard InChI is InChI=1S/C18H24N2O2S6/c1-3-5-7-9-15(21)19-11-13-25-17(23)27-28-18(24)26-14-12-20-16(22)10-8-6-4-2/h1-2H,5-14H2,(H,19,21)(H,20,22). The summed E-state index contributed by atoms with van der Waals surface area (Å²) in [6.45, 7) is 1.15. The van der Waals surface area contributed by atoms with Gasteiger partial charge in [0.15, 0.2) is 0 Å². The van der Waals surface area contributed by atoms with E-state index in [4.69, 9.17) is 37.3 Å². The molecule has 0 aliphatic rings. The first kappa shape index (κ1) is 27.6. The van der Waals surface area contributed by atoms with Gasteiger partial charge in [-0.25, -0.2) is 0 Å². The van der Waals surface area contributed by atoms with E-state index in [1.807, 2.05) is 0 Å². The summed E-state index contributed by atoms with van der Waals surface area (Å²) >= 11 is 13.6. The molecule has 154 valence electrons. The minimum atomic E-state index is 0.0181. The van der Waals surface area contributed by atoms with E-state index in [0.29, 0.717) is 51.6 Å². The molecule has 0 spiro atoms. The molecule has 0 saturated heterocycles. The highest BCUT2D eigenvalue weighted by Gasteiger charge is 2.06. The van der Waals surface area contributed by atoms with Crippen molar-refractivity contribution in [3.05, 3.63) is 0 Å². The van der Waals surface area contributed by atoms with Crippen molar-refractivity contribution < 1.29 is 9.59 Å². The number of unbranched alkanes of at least 4 members (excludes halogenated alkanes) is 2. The van der Waals surface area contributed by atoms with Crippen molar-refractivity contribution in [3.8, 4) is 24.7 Å². The summed E-state index contributed by atoms with van der Waals surface area (Å²) in [7, 11) is 2.89. The lowest BCUT2D eigenvalue weighted by Crippen LogP contribution is -2.25. The maximum Gasteiger partial charge on any atom is 0.220 e. The second kappa shape index (κ2) is 19.9. The fraction of sp³-hybridized carbons (Fsp3) is 0.556. The summed E-state index contributed by atoms with van der Waals surface area (Å²) in [5.74, 6) is 6.51. The van der Waals surface area contributed by atoms with Crippen LogP contribution >= 0.6 is 69.5 Å². The van der Waals surface area contributed by atoms with Gasteiger partial charge in [0.1, 0.15) is 7.06 Å². The van der Waals surface area contributed by atoms with E-state index in [9.17, 15) is 9.59 Å².